The van der Waals surface area contributed by atoms with Crippen LogP contribution in [-0.4, -0.2) is 29.9 Å². The summed E-state index contributed by atoms with van der Waals surface area (Å²) in [5, 5.41) is 0. The van der Waals surface area contributed by atoms with Gasteiger partial charge >= 0.3 is 0 Å². The Morgan fingerprint density at radius 1 is 1.40 bits per heavy atom. The molecule has 1 amide bonds. The predicted molar refractivity (Wildman–Crippen MR) is 73.0 cm³/mol. The van der Waals surface area contributed by atoms with E-state index in [4.69, 9.17) is 5.73 Å². The molecule has 1 saturated heterocycles. The summed E-state index contributed by atoms with van der Waals surface area (Å²) in [7, 11) is 0. The molecule has 2 atom stereocenters. The summed E-state index contributed by atoms with van der Waals surface area (Å²) in [5.41, 5.74) is 6.24. The van der Waals surface area contributed by atoms with E-state index in [1.54, 1.807) is 4.90 Å². The number of benzene rings is 1. The Hall–Kier alpha value is -1.49. The molecule has 110 valence electrons. The molecule has 0 aliphatic carbocycles. The second kappa shape index (κ2) is 6.31. The minimum atomic E-state index is -0.919. The molecule has 0 saturated carbocycles. The third-order valence-electron chi connectivity index (χ3n) is 4.02. The zero-order valence-corrected chi connectivity index (χ0v) is 11.6. The zero-order chi connectivity index (χ0) is 14.7. The highest BCUT2D eigenvalue weighted by Crippen LogP contribution is 2.23. The van der Waals surface area contributed by atoms with Crippen molar-refractivity contribution < 1.29 is 13.6 Å². The van der Waals surface area contributed by atoms with Gasteiger partial charge in [-0.2, -0.15) is 0 Å². The van der Waals surface area contributed by atoms with Gasteiger partial charge in [-0.15, -0.1) is 0 Å². The lowest BCUT2D eigenvalue weighted by Gasteiger charge is -2.39. The molecule has 1 fully saturated rings. The second-order valence-electron chi connectivity index (χ2n) is 5.43. The number of amides is 1. The fourth-order valence-electron chi connectivity index (χ4n) is 2.84. The molecule has 20 heavy (non-hydrogen) atoms. The summed E-state index contributed by atoms with van der Waals surface area (Å²) in [6, 6.07) is 3.62. The standard InChI is InChI=1S/C15H20F2N2O/c1-10-3-2-6-19(14(10)9-18)15(20)8-11-4-5-12(16)13(17)7-11/h4-5,7,10,14H,2-3,6,8-9,18H2,1H3/t10-,14+/m0/s1. The predicted octanol–water partition coefficient (Wildman–Crippen LogP) is 2.09. The molecule has 0 aromatic heterocycles. The summed E-state index contributed by atoms with van der Waals surface area (Å²) >= 11 is 0. The second-order valence-corrected chi connectivity index (χ2v) is 5.43. The first-order valence-electron chi connectivity index (χ1n) is 6.96. The van der Waals surface area contributed by atoms with Crippen LogP contribution < -0.4 is 5.73 Å². The van der Waals surface area contributed by atoms with E-state index in [0.29, 0.717) is 24.6 Å². The fraction of sp³-hybridized carbons (Fsp3) is 0.533. The maximum Gasteiger partial charge on any atom is 0.227 e. The first-order chi connectivity index (χ1) is 9.52. The van der Waals surface area contributed by atoms with Crippen LogP contribution in [-0.2, 0) is 11.2 Å². The van der Waals surface area contributed by atoms with Gasteiger partial charge in [-0.1, -0.05) is 13.0 Å². The number of piperidine rings is 1. The van der Waals surface area contributed by atoms with Crippen LogP contribution in [0.2, 0.25) is 0 Å². The Morgan fingerprint density at radius 3 is 2.80 bits per heavy atom. The molecule has 3 nitrogen and oxygen atoms in total. The number of hydrogen-bond acceptors (Lipinski definition) is 2. The van der Waals surface area contributed by atoms with Crippen LogP contribution in [0.25, 0.3) is 0 Å². The van der Waals surface area contributed by atoms with Crippen LogP contribution in [0.1, 0.15) is 25.3 Å². The van der Waals surface area contributed by atoms with Gasteiger partial charge in [-0.3, -0.25) is 4.79 Å². The third-order valence-corrected chi connectivity index (χ3v) is 4.02. The fourth-order valence-corrected chi connectivity index (χ4v) is 2.84. The Kier molecular flexibility index (Phi) is 4.70. The summed E-state index contributed by atoms with van der Waals surface area (Å²) in [4.78, 5) is 14.1. The summed E-state index contributed by atoms with van der Waals surface area (Å²) in [6.07, 6.45) is 2.11. The van der Waals surface area contributed by atoms with Gasteiger partial charge < -0.3 is 10.6 Å². The number of carbonyl (C=O) groups excluding carboxylic acids is 1. The van der Waals surface area contributed by atoms with Gasteiger partial charge in [-0.05, 0) is 36.5 Å². The molecule has 1 aliphatic heterocycles. The first kappa shape index (κ1) is 14.9. The van der Waals surface area contributed by atoms with Crippen LogP contribution in [0.5, 0.6) is 0 Å². The van der Waals surface area contributed by atoms with Gasteiger partial charge in [0, 0.05) is 19.1 Å². The minimum absolute atomic E-state index is 0.0431. The molecule has 0 radical (unpaired) electrons. The Morgan fingerprint density at radius 2 is 2.15 bits per heavy atom. The molecule has 1 aromatic rings. The van der Waals surface area contributed by atoms with Crippen molar-refractivity contribution in [3.05, 3.63) is 35.4 Å². The van der Waals surface area contributed by atoms with E-state index in [1.165, 1.54) is 6.07 Å². The summed E-state index contributed by atoms with van der Waals surface area (Å²) in [6.45, 7) is 3.22. The number of halogens is 2. The topological polar surface area (TPSA) is 46.3 Å². The normalized spacial score (nSPS) is 22.9. The summed E-state index contributed by atoms with van der Waals surface area (Å²) in [5.74, 6) is -1.51. The average Bonchev–Trinajstić information content (AvgIpc) is 2.42. The number of carbonyl (C=O) groups is 1. The van der Waals surface area contributed by atoms with E-state index in [0.717, 1.165) is 25.0 Å². The van der Waals surface area contributed by atoms with Gasteiger partial charge in [0.15, 0.2) is 11.6 Å². The Balaban J connectivity index is 2.08. The van der Waals surface area contributed by atoms with Gasteiger partial charge in [0.05, 0.1) is 6.42 Å². The molecule has 1 aliphatic rings. The zero-order valence-electron chi connectivity index (χ0n) is 11.6. The number of nitrogens with two attached hydrogens (primary N) is 1. The number of hydrogen-bond donors (Lipinski definition) is 1. The highest BCUT2D eigenvalue weighted by molar-refractivity contribution is 5.79. The van der Waals surface area contributed by atoms with Crippen LogP contribution in [0.15, 0.2) is 18.2 Å². The van der Waals surface area contributed by atoms with E-state index < -0.39 is 11.6 Å². The van der Waals surface area contributed by atoms with Crippen molar-refractivity contribution in [2.24, 2.45) is 11.7 Å². The van der Waals surface area contributed by atoms with Gasteiger partial charge in [0.1, 0.15) is 0 Å². The molecule has 0 spiro atoms. The number of nitrogens with zero attached hydrogens (tertiary/aromatic N) is 1. The lowest BCUT2D eigenvalue weighted by Crippen LogP contribution is -2.51. The van der Waals surface area contributed by atoms with Crippen LogP contribution in [0.3, 0.4) is 0 Å². The van der Waals surface area contributed by atoms with Crippen molar-refractivity contribution in [3.63, 3.8) is 0 Å². The molecular formula is C15H20F2N2O. The molecule has 5 heteroatoms. The first-order valence-corrected chi connectivity index (χ1v) is 6.96. The van der Waals surface area contributed by atoms with Crippen molar-refractivity contribution in [1.29, 1.82) is 0 Å². The largest absolute Gasteiger partial charge is 0.338 e. The minimum Gasteiger partial charge on any atom is -0.338 e. The molecule has 0 bridgehead atoms. The van der Waals surface area contributed by atoms with Crippen LogP contribution in [0, 0.1) is 17.6 Å². The van der Waals surface area contributed by atoms with E-state index in [2.05, 4.69) is 6.92 Å². The smallest absolute Gasteiger partial charge is 0.227 e. The van der Waals surface area contributed by atoms with Gasteiger partial charge in [0.25, 0.3) is 0 Å². The lowest BCUT2D eigenvalue weighted by atomic mass is 9.90. The maximum atomic E-state index is 13.2. The molecule has 1 aromatic carbocycles. The van der Waals surface area contributed by atoms with Crippen molar-refractivity contribution in [1.82, 2.24) is 4.90 Å². The lowest BCUT2D eigenvalue weighted by molar-refractivity contribution is -0.135. The van der Waals surface area contributed by atoms with Gasteiger partial charge in [-0.25, -0.2) is 8.78 Å². The summed E-state index contributed by atoms with van der Waals surface area (Å²) < 4.78 is 26.0. The molecular weight excluding hydrogens is 262 g/mol. The Labute approximate surface area is 117 Å². The number of rotatable bonds is 3. The van der Waals surface area contributed by atoms with Gasteiger partial charge in [0.2, 0.25) is 5.91 Å². The van der Waals surface area contributed by atoms with Crippen molar-refractivity contribution in [2.75, 3.05) is 13.1 Å². The SMILES string of the molecule is C[C@H]1CCCN(C(=O)Cc2ccc(F)c(F)c2)[C@@H]1CN. The molecule has 0 unspecified atom stereocenters. The van der Waals surface area contributed by atoms with E-state index in [1.807, 2.05) is 0 Å². The third kappa shape index (κ3) is 3.15. The highest BCUT2D eigenvalue weighted by atomic mass is 19.2. The van der Waals surface area contributed by atoms with Crippen molar-refractivity contribution in [2.45, 2.75) is 32.2 Å². The molecule has 1 heterocycles. The molecule has 2 rings (SSSR count). The van der Waals surface area contributed by atoms with Crippen molar-refractivity contribution >= 4 is 5.91 Å². The van der Waals surface area contributed by atoms with Crippen LogP contribution >= 0.6 is 0 Å². The average molecular weight is 282 g/mol. The molecule has 2 N–H and O–H groups in total. The van der Waals surface area contributed by atoms with E-state index >= 15 is 0 Å². The monoisotopic (exact) mass is 282 g/mol. The highest BCUT2D eigenvalue weighted by Gasteiger charge is 2.30. The van der Waals surface area contributed by atoms with E-state index in [9.17, 15) is 13.6 Å². The van der Waals surface area contributed by atoms with E-state index in [-0.39, 0.29) is 18.4 Å². The maximum absolute atomic E-state index is 13.2. The van der Waals surface area contributed by atoms with Crippen LogP contribution in [0.4, 0.5) is 8.78 Å². The number of likely N-dealkylation sites (tertiary alicyclic amines) is 1. The quantitative estimate of drug-likeness (QED) is 0.922. The Bertz CT molecular complexity index is 493. The van der Waals surface area contributed by atoms with Crippen molar-refractivity contribution in [3.8, 4) is 0 Å².